The van der Waals surface area contributed by atoms with Crippen LogP contribution in [-0.2, 0) is 0 Å². The molecule has 132 valence electrons. The number of anilines is 1. The molecular formula is C19H22ClN3OS. The number of hydrogen-bond acceptors (Lipinski definition) is 4. The molecule has 0 unspecified atom stereocenters. The highest BCUT2D eigenvalue weighted by molar-refractivity contribution is 7.22. The summed E-state index contributed by atoms with van der Waals surface area (Å²) in [6, 6.07) is 15.5. The molecule has 0 radical (unpaired) electrons. The number of likely N-dealkylation sites (N-methyl/N-ethyl adjacent to an activating group) is 1. The Kier molecular flexibility index (Phi) is 6.53. The molecule has 0 aliphatic heterocycles. The second-order valence-corrected chi connectivity index (χ2v) is 7.05. The second-order valence-electron chi connectivity index (χ2n) is 6.04. The lowest BCUT2D eigenvalue weighted by molar-refractivity contribution is 0.0985. The van der Waals surface area contributed by atoms with Gasteiger partial charge in [-0.1, -0.05) is 41.7 Å². The van der Waals surface area contributed by atoms with Crippen LogP contribution in [0.4, 0.5) is 5.13 Å². The smallest absolute Gasteiger partial charge is 0.260 e. The van der Waals surface area contributed by atoms with Crippen molar-refractivity contribution in [1.29, 1.82) is 0 Å². The Morgan fingerprint density at radius 3 is 2.40 bits per heavy atom. The molecule has 0 saturated carbocycles. The number of amides is 1. The summed E-state index contributed by atoms with van der Waals surface area (Å²) in [5.41, 5.74) is 2.80. The number of benzene rings is 2. The molecule has 3 rings (SSSR count). The average Bonchev–Trinajstić information content (AvgIpc) is 3.01. The minimum atomic E-state index is -0.00541. The third kappa shape index (κ3) is 4.37. The largest absolute Gasteiger partial charge is 0.308 e. The average molecular weight is 376 g/mol. The summed E-state index contributed by atoms with van der Waals surface area (Å²) in [6.07, 6.45) is 0. The minimum absolute atomic E-state index is 0. The van der Waals surface area contributed by atoms with Gasteiger partial charge in [0.15, 0.2) is 5.13 Å². The predicted molar refractivity (Wildman–Crippen MR) is 108 cm³/mol. The van der Waals surface area contributed by atoms with E-state index < -0.39 is 0 Å². The van der Waals surface area contributed by atoms with E-state index in [1.165, 1.54) is 0 Å². The van der Waals surface area contributed by atoms with E-state index in [9.17, 15) is 4.79 Å². The third-order valence-corrected chi connectivity index (χ3v) is 4.92. The molecule has 2 aromatic carbocycles. The van der Waals surface area contributed by atoms with Crippen molar-refractivity contribution in [2.24, 2.45) is 0 Å². The number of thiazole rings is 1. The molecule has 0 aliphatic rings. The van der Waals surface area contributed by atoms with Crippen molar-refractivity contribution in [3.8, 4) is 0 Å². The van der Waals surface area contributed by atoms with E-state index in [2.05, 4.69) is 24.0 Å². The van der Waals surface area contributed by atoms with E-state index in [1.807, 2.05) is 50.5 Å². The maximum atomic E-state index is 13.0. The van der Waals surface area contributed by atoms with Crippen LogP contribution >= 0.6 is 23.7 Å². The van der Waals surface area contributed by atoms with Gasteiger partial charge in [-0.25, -0.2) is 4.98 Å². The van der Waals surface area contributed by atoms with E-state index in [-0.39, 0.29) is 18.3 Å². The molecule has 0 aliphatic carbocycles. The van der Waals surface area contributed by atoms with Crippen LogP contribution in [0.1, 0.15) is 15.9 Å². The van der Waals surface area contributed by atoms with Crippen molar-refractivity contribution in [2.75, 3.05) is 32.1 Å². The molecule has 1 amide bonds. The molecule has 0 atom stereocenters. The van der Waals surface area contributed by atoms with Crippen LogP contribution < -0.4 is 4.90 Å². The molecule has 0 N–H and O–H groups in total. The first-order chi connectivity index (χ1) is 11.6. The van der Waals surface area contributed by atoms with Gasteiger partial charge in [-0.15, -0.1) is 12.4 Å². The number of aromatic nitrogens is 1. The fraction of sp³-hybridized carbons (Fsp3) is 0.263. The maximum Gasteiger partial charge on any atom is 0.260 e. The van der Waals surface area contributed by atoms with Gasteiger partial charge in [0.2, 0.25) is 0 Å². The standard InChI is InChI=1S/C19H21N3OS.ClH/c1-14-8-7-11-16-17(14)20-19(24-16)22(13-12-21(2)3)18(23)15-9-5-4-6-10-15;/h4-11H,12-13H2,1-3H3;1H. The van der Waals surface area contributed by atoms with Crippen molar-refractivity contribution in [1.82, 2.24) is 9.88 Å². The number of halogens is 1. The first kappa shape index (κ1) is 19.4. The zero-order valence-electron chi connectivity index (χ0n) is 14.6. The first-order valence-electron chi connectivity index (χ1n) is 7.94. The van der Waals surface area contributed by atoms with Gasteiger partial charge in [-0.3, -0.25) is 9.69 Å². The lowest BCUT2D eigenvalue weighted by Gasteiger charge is -2.22. The Morgan fingerprint density at radius 2 is 1.76 bits per heavy atom. The van der Waals surface area contributed by atoms with Crippen LogP contribution in [0.5, 0.6) is 0 Å². The molecule has 1 aromatic heterocycles. The number of nitrogens with zero attached hydrogens (tertiary/aromatic N) is 3. The van der Waals surface area contributed by atoms with E-state index in [4.69, 9.17) is 4.98 Å². The molecule has 0 bridgehead atoms. The topological polar surface area (TPSA) is 36.4 Å². The molecule has 0 spiro atoms. The van der Waals surface area contributed by atoms with Crippen LogP contribution in [0.3, 0.4) is 0 Å². The maximum absolute atomic E-state index is 13.0. The molecular weight excluding hydrogens is 354 g/mol. The fourth-order valence-corrected chi connectivity index (χ4v) is 3.58. The van der Waals surface area contributed by atoms with E-state index in [0.29, 0.717) is 12.1 Å². The predicted octanol–water partition coefficient (Wildman–Crippen LogP) is 4.23. The van der Waals surface area contributed by atoms with Crippen molar-refractivity contribution >= 4 is 45.0 Å². The van der Waals surface area contributed by atoms with Gasteiger partial charge < -0.3 is 4.90 Å². The quantitative estimate of drug-likeness (QED) is 0.669. The number of fused-ring (bicyclic) bond motifs is 1. The van der Waals surface area contributed by atoms with Crippen LogP contribution in [0.2, 0.25) is 0 Å². The zero-order valence-corrected chi connectivity index (χ0v) is 16.2. The minimum Gasteiger partial charge on any atom is -0.308 e. The molecule has 4 nitrogen and oxygen atoms in total. The number of carbonyl (C=O) groups excluding carboxylic acids is 1. The van der Waals surface area contributed by atoms with Crippen LogP contribution in [-0.4, -0.2) is 43.0 Å². The summed E-state index contributed by atoms with van der Waals surface area (Å²) >= 11 is 1.57. The molecule has 6 heteroatoms. The van der Waals surface area contributed by atoms with E-state index in [1.54, 1.807) is 16.2 Å². The Morgan fingerprint density at radius 1 is 1.04 bits per heavy atom. The Balaban J connectivity index is 0.00000225. The van der Waals surface area contributed by atoms with Crippen molar-refractivity contribution < 1.29 is 4.79 Å². The summed E-state index contributed by atoms with van der Waals surface area (Å²) < 4.78 is 1.11. The lowest BCUT2D eigenvalue weighted by atomic mass is 10.2. The van der Waals surface area contributed by atoms with E-state index >= 15 is 0 Å². The van der Waals surface area contributed by atoms with E-state index in [0.717, 1.165) is 27.5 Å². The van der Waals surface area contributed by atoms with Gasteiger partial charge in [0.05, 0.1) is 10.2 Å². The Bertz CT molecular complexity index is 848. The highest BCUT2D eigenvalue weighted by Crippen LogP contribution is 2.31. The van der Waals surface area contributed by atoms with Gasteiger partial charge in [0.1, 0.15) is 0 Å². The van der Waals surface area contributed by atoms with Crippen LogP contribution in [0.25, 0.3) is 10.2 Å². The molecule has 0 saturated heterocycles. The van der Waals surface area contributed by atoms with Gasteiger partial charge in [-0.05, 0) is 44.8 Å². The number of hydrogen-bond donors (Lipinski definition) is 0. The SMILES string of the molecule is Cc1cccc2sc(N(CCN(C)C)C(=O)c3ccccc3)nc12.Cl. The summed E-state index contributed by atoms with van der Waals surface area (Å²) in [4.78, 5) is 21.6. The molecule has 1 heterocycles. The van der Waals surface area contributed by atoms with Gasteiger partial charge in [-0.2, -0.15) is 0 Å². The molecule has 0 fully saturated rings. The molecule has 25 heavy (non-hydrogen) atoms. The van der Waals surface area contributed by atoms with Gasteiger partial charge >= 0.3 is 0 Å². The number of aryl methyl sites for hydroxylation is 1. The van der Waals surface area contributed by atoms with Gasteiger partial charge in [0.25, 0.3) is 5.91 Å². The zero-order chi connectivity index (χ0) is 17.1. The van der Waals surface area contributed by atoms with Gasteiger partial charge in [0, 0.05) is 18.7 Å². The normalized spacial score (nSPS) is 10.7. The summed E-state index contributed by atoms with van der Waals surface area (Å²) in [5.74, 6) is -0.00541. The van der Waals surface area contributed by atoms with Crippen molar-refractivity contribution in [3.63, 3.8) is 0 Å². The number of rotatable bonds is 5. The van der Waals surface area contributed by atoms with Crippen molar-refractivity contribution in [3.05, 3.63) is 59.7 Å². The first-order valence-corrected chi connectivity index (χ1v) is 8.75. The van der Waals surface area contributed by atoms with Crippen LogP contribution in [0, 0.1) is 6.92 Å². The lowest BCUT2D eigenvalue weighted by Crippen LogP contribution is -2.36. The third-order valence-electron chi connectivity index (χ3n) is 3.88. The monoisotopic (exact) mass is 375 g/mol. The summed E-state index contributed by atoms with van der Waals surface area (Å²) in [7, 11) is 4.02. The van der Waals surface area contributed by atoms with Crippen LogP contribution in [0.15, 0.2) is 48.5 Å². The summed E-state index contributed by atoms with van der Waals surface area (Å²) in [6.45, 7) is 3.45. The van der Waals surface area contributed by atoms with Crippen molar-refractivity contribution in [2.45, 2.75) is 6.92 Å². The second kappa shape index (κ2) is 8.43. The Labute approximate surface area is 158 Å². The fourth-order valence-electron chi connectivity index (χ4n) is 2.51. The number of carbonyl (C=O) groups is 1. The number of para-hydroxylation sites is 1. The highest BCUT2D eigenvalue weighted by Gasteiger charge is 2.21. The highest BCUT2D eigenvalue weighted by atomic mass is 35.5. The molecule has 3 aromatic rings. The Hall–Kier alpha value is -1.95. The summed E-state index contributed by atoms with van der Waals surface area (Å²) in [5, 5.41) is 0.759.